The first kappa shape index (κ1) is 20.1. The summed E-state index contributed by atoms with van der Waals surface area (Å²) in [6.07, 6.45) is -4.51. The molecule has 0 fully saturated rings. The monoisotopic (exact) mass is 385 g/mol. The molecule has 12 heteroatoms. The second kappa shape index (κ2) is 8.01. The van der Waals surface area contributed by atoms with Crippen molar-refractivity contribution in [1.82, 2.24) is 30.8 Å². The van der Waals surface area contributed by atoms with Gasteiger partial charge in [0.05, 0.1) is 6.04 Å². The predicted molar refractivity (Wildman–Crippen MR) is 88.9 cm³/mol. The van der Waals surface area contributed by atoms with Crippen LogP contribution in [0.3, 0.4) is 0 Å². The number of urea groups is 1. The van der Waals surface area contributed by atoms with E-state index in [1.165, 1.54) is 22.9 Å². The average Bonchev–Trinajstić information content (AvgIpc) is 3.00. The number of aromatic nitrogens is 4. The van der Waals surface area contributed by atoms with Gasteiger partial charge in [-0.1, -0.05) is 6.07 Å². The van der Waals surface area contributed by atoms with Crippen molar-refractivity contribution in [2.24, 2.45) is 7.05 Å². The molecule has 9 nitrogen and oxygen atoms in total. The van der Waals surface area contributed by atoms with Crippen molar-refractivity contribution in [3.63, 3.8) is 0 Å². The molecule has 2 aromatic rings. The third-order valence-corrected chi connectivity index (χ3v) is 3.59. The Bertz CT molecular complexity index is 835. The lowest BCUT2D eigenvalue weighted by molar-refractivity contribution is -0.123. The number of benzene rings is 1. The second-order valence-electron chi connectivity index (χ2n) is 5.81. The summed E-state index contributed by atoms with van der Waals surface area (Å²) >= 11 is 0. The molecule has 3 amide bonds. The first-order chi connectivity index (χ1) is 12.6. The van der Waals surface area contributed by atoms with Gasteiger partial charge in [-0.3, -0.25) is 4.79 Å². The largest absolute Gasteiger partial charge is 0.405 e. The van der Waals surface area contributed by atoms with Gasteiger partial charge in [0.15, 0.2) is 5.82 Å². The van der Waals surface area contributed by atoms with Crippen molar-refractivity contribution in [2.75, 3.05) is 11.9 Å². The number of nitrogens with zero attached hydrogens (tertiary/aromatic N) is 4. The summed E-state index contributed by atoms with van der Waals surface area (Å²) in [6, 6.07) is 3.12. The standard InChI is InChI=1S/C15H18F3N7O2/c1-8-4-5-10(13(26)19-7-15(16,17)18)6-11(8)21-14(27)20-9(2)12-22-23-24-25(12)3/h4-6,9H,7H2,1-3H3,(H,19,26)(H2,20,21,27)/t9-/m0/s1. The zero-order valence-corrected chi connectivity index (χ0v) is 14.8. The van der Waals surface area contributed by atoms with Crippen LogP contribution in [0.4, 0.5) is 23.7 Å². The number of halogens is 3. The lowest BCUT2D eigenvalue weighted by atomic mass is 10.1. The number of hydrogen-bond donors (Lipinski definition) is 3. The van der Waals surface area contributed by atoms with Crippen LogP contribution in [0.5, 0.6) is 0 Å². The molecule has 0 aliphatic heterocycles. The maximum absolute atomic E-state index is 12.2. The summed E-state index contributed by atoms with van der Waals surface area (Å²) < 4.78 is 38.1. The molecule has 0 saturated heterocycles. The first-order valence-electron chi connectivity index (χ1n) is 7.82. The number of carbonyl (C=O) groups is 2. The third kappa shape index (κ3) is 5.66. The van der Waals surface area contributed by atoms with Gasteiger partial charge in [0, 0.05) is 18.3 Å². The molecule has 0 spiro atoms. The van der Waals surface area contributed by atoms with Crippen LogP contribution in [0.1, 0.15) is 34.7 Å². The molecule has 0 radical (unpaired) electrons. The molecule has 1 heterocycles. The number of rotatable bonds is 5. The number of carbonyl (C=O) groups excluding carboxylic acids is 2. The van der Waals surface area contributed by atoms with Crippen molar-refractivity contribution >= 4 is 17.6 Å². The number of aryl methyl sites for hydroxylation is 2. The lowest BCUT2D eigenvalue weighted by Gasteiger charge is -2.15. The Hall–Kier alpha value is -3.18. The number of hydrogen-bond acceptors (Lipinski definition) is 5. The summed E-state index contributed by atoms with van der Waals surface area (Å²) in [7, 11) is 1.62. The van der Waals surface area contributed by atoms with Crippen molar-refractivity contribution in [3.8, 4) is 0 Å². The van der Waals surface area contributed by atoms with Crippen LogP contribution in [0.25, 0.3) is 0 Å². The molecule has 0 aliphatic rings. The Kier molecular flexibility index (Phi) is 5.98. The minimum Gasteiger partial charge on any atom is -0.343 e. The molecule has 1 atom stereocenters. The highest BCUT2D eigenvalue weighted by atomic mass is 19.4. The number of nitrogens with one attached hydrogen (secondary N) is 3. The highest BCUT2D eigenvalue weighted by molar-refractivity contribution is 5.97. The van der Waals surface area contributed by atoms with Gasteiger partial charge in [-0.2, -0.15) is 13.2 Å². The lowest BCUT2D eigenvalue weighted by Crippen LogP contribution is -2.34. The van der Waals surface area contributed by atoms with E-state index >= 15 is 0 Å². The van der Waals surface area contributed by atoms with Gasteiger partial charge in [-0.05, 0) is 42.0 Å². The number of anilines is 1. The fraction of sp³-hybridized carbons (Fsp3) is 0.400. The third-order valence-electron chi connectivity index (χ3n) is 3.59. The Morgan fingerprint density at radius 3 is 2.59 bits per heavy atom. The number of amides is 3. The zero-order chi connectivity index (χ0) is 20.2. The SMILES string of the molecule is Cc1ccc(C(=O)NCC(F)(F)F)cc1NC(=O)N[C@@H](C)c1nnnn1C. The molecule has 0 aliphatic carbocycles. The molecule has 2 rings (SSSR count). The molecule has 1 aromatic heterocycles. The van der Waals surface area contributed by atoms with Crippen LogP contribution in [0, 0.1) is 6.92 Å². The fourth-order valence-electron chi connectivity index (χ4n) is 2.20. The van der Waals surface area contributed by atoms with E-state index in [9.17, 15) is 22.8 Å². The van der Waals surface area contributed by atoms with Crippen molar-refractivity contribution in [1.29, 1.82) is 0 Å². The van der Waals surface area contributed by atoms with E-state index in [-0.39, 0.29) is 11.3 Å². The maximum Gasteiger partial charge on any atom is 0.405 e. The van der Waals surface area contributed by atoms with Crippen LogP contribution in [-0.2, 0) is 7.05 Å². The molecular weight excluding hydrogens is 367 g/mol. The Balaban J connectivity index is 2.04. The van der Waals surface area contributed by atoms with Crippen molar-refractivity contribution < 1.29 is 22.8 Å². The highest BCUT2D eigenvalue weighted by Crippen LogP contribution is 2.18. The number of alkyl halides is 3. The summed E-state index contributed by atoms with van der Waals surface area (Å²) in [5.41, 5.74) is 0.909. The molecule has 1 aromatic carbocycles. The van der Waals surface area contributed by atoms with E-state index in [0.717, 1.165) is 0 Å². The summed E-state index contributed by atoms with van der Waals surface area (Å²) in [5.74, 6) is -0.462. The quantitative estimate of drug-likeness (QED) is 0.725. The van der Waals surface area contributed by atoms with Gasteiger partial charge >= 0.3 is 12.2 Å². The number of tetrazole rings is 1. The molecule has 0 bridgehead atoms. The van der Waals surface area contributed by atoms with E-state index in [0.29, 0.717) is 11.4 Å². The van der Waals surface area contributed by atoms with Gasteiger partial charge in [0.1, 0.15) is 6.54 Å². The topological polar surface area (TPSA) is 114 Å². The molecular formula is C15H18F3N7O2. The Morgan fingerprint density at radius 1 is 1.30 bits per heavy atom. The molecule has 0 unspecified atom stereocenters. The zero-order valence-electron chi connectivity index (χ0n) is 14.8. The summed E-state index contributed by atoms with van der Waals surface area (Å²) in [4.78, 5) is 24.0. The summed E-state index contributed by atoms with van der Waals surface area (Å²) in [5, 5.41) is 17.9. The van der Waals surface area contributed by atoms with Crippen LogP contribution >= 0.6 is 0 Å². The van der Waals surface area contributed by atoms with Crippen molar-refractivity contribution in [3.05, 3.63) is 35.2 Å². The minimum atomic E-state index is -4.51. The normalized spacial score (nSPS) is 12.4. The predicted octanol–water partition coefficient (Wildman–Crippen LogP) is 1.69. The van der Waals surface area contributed by atoms with Gasteiger partial charge in [0.2, 0.25) is 0 Å². The van der Waals surface area contributed by atoms with Crippen LogP contribution < -0.4 is 16.0 Å². The Morgan fingerprint density at radius 2 is 2.00 bits per heavy atom. The molecule has 0 saturated carbocycles. The fourth-order valence-corrected chi connectivity index (χ4v) is 2.20. The van der Waals surface area contributed by atoms with Gasteiger partial charge < -0.3 is 16.0 Å². The molecule has 27 heavy (non-hydrogen) atoms. The smallest absolute Gasteiger partial charge is 0.343 e. The minimum absolute atomic E-state index is 0.00861. The van der Waals surface area contributed by atoms with Crippen molar-refractivity contribution in [2.45, 2.75) is 26.1 Å². The van der Waals surface area contributed by atoms with Crippen LogP contribution in [-0.4, -0.2) is 44.9 Å². The highest BCUT2D eigenvalue weighted by Gasteiger charge is 2.28. The maximum atomic E-state index is 12.2. The second-order valence-corrected chi connectivity index (χ2v) is 5.81. The van der Waals surface area contributed by atoms with Crippen LogP contribution in [0.2, 0.25) is 0 Å². The summed E-state index contributed by atoms with van der Waals surface area (Å²) in [6.45, 7) is 1.92. The average molecular weight is 385 g/mol. The van der Waals surface area contributed by atoms with E-state index in [2.05, 4.69) is 26.2 Å². The molecule has 146 valence electrons. The van der Waals surface area contributed by atoms with E-state index in [1.807, 2.05) is 0 Å². The van der Waals surface area contributed by atoms with E-state index in [4.69, 9.17) is 0 Å². The van der Waals surface area contributed by atoms with E-state index in [1.54, 1.807) is 26.2 Å². The van der Waals surface area contributed by atoms with Crippen LogP contribution in [0.15, 0.2) is 18.2 Å². The van der Waals surface area contributed by atoms with Gasteiger partial charge in [-0.15, -0.1) is 5.10 Å². The Labute approximate surface area is 152 Å². The first-order valence-corrected chi connectivity index (χ1v) is 7.82. The van der Waals surface area contributed by atoms with Gasteiger partial charge in [-0.25, -0.2) is 9.48 Å². The molecule has 3 N–H and O–H groups in total. The van der Waals surface area contributed by atoms with Gasteiger partial charge in [0.25, 0.3) is 5.91 Å². The van der Waals surface area contributed by atoms with E-state index < -0.39 is 30.7 Å².